The van der Waals surface area contributed by atoms with Crippen LogP contribution in [-0.2, 0) is 6.42 Å². The highest BCUT2D eigenvalue weighted by atomic mass is 32.1. The molecule has 0 fully saturated rings. The topological polar surface area (TPSA) is 57.8 Å². The molecule has 8 heteroatoms. The molecule has 0 radical (unpaired) electrons. The Morgan fingerprint density at radius 3 is 2.56 bits per heavy atom. The van der Waals surface area contributed by atoms with Crippen molar-refractivity contribution in [2.24, 2.45) is 0 Å². The Hall–Kier alpha value is -2.06. The molecule has 0 saturated heterocycles. The number of methoxy groups -OCH3 is 2. The minimum Gasteiger partial charge on any atom is -0.493 e. The molecule has 1 unspecified atom stereocenters. The highest BCUT2D eigenvalue weighted by Gasteiger charge is 2.30. The van der Waals surface area contributed by atoms with Gasteiger partial charge in [0, 0.05) is 26.2 Å². The van der Waals surface area contributed by atoms with Crippen molar-refractivity contribution < 1.29 is 9.47 Å². The molecule has 0 amide bonds. The highest BCUT2D eigenvalue weighted by molar-refractivity contribution is 7.80. The maximum Gasteiger partial charge on any atom is 0.169 e. The van der Waals surface area contributed by atoms with Crippen LogP contribution in [0.5, 0.6) is 11.5 Å². The lowest BCUT2D eigenvalue weighted by atomic mass is 9.92. The first kappa shape index (κ1) is 21.2. The Kier molecular flexibility index (Phi) is 8.12. The molecule has 0 aromatic heterocycles. The molecule has 1 aliphatic rings. The smallest absolute Gasteiger partial charge is 0.169 e. The van der Waals surface area contributed by atoms with E-state index in [1.165, 1.54) is 5.56 Å². The van der Waals surface area contributed by atoms with Gasteiger partial charge >= 0.3 is 0 Å². The summed E-state index contributed by atoms with van der Waals surface area (Å²) in [7, 11) is 3.30. The number of nitrogens with zero attached hydrogens (tertiary/aromatic N) is 1. The fourth-order valence-electron chi connectivity index (χ4n) is 3.16. The molecular formula is C19H28N4O2S2. The Labute approximate surface area is 172 Å². The van der Waals surface area contributed by atoms with Gasteiger partial charge in [0.2, 0.25) is 0 Å². The van der Waals surface area contributed by atoms with E-state index in [4.69, 9.17) is 33.9 Å². The Bertz CT molecular complexity index is 697. The summed E-state index contributed by atoms with van der Waals surface area (Å²) in [6.07, 6.45) is 2.67. The summed E-state index contributed by atoms with van der Waals surface area (Å²) in [6.45, 7) is 8.61. The van der Waals surface area contributed by atoms with Gasteiger partial charge in [-0.3, -0.25) is 0 Å². The predicted molar refractivity (Wildman–Crippen MR) is 118 cm³/mol. The Morgan fingerprint density at radius 1 is 1.22 bits per heavy atom. The monoisotopic (exact) mass is 408 g/mol. The first-order valence-electron chi connectivity index (χ1n) is 8.97. The SMILES string of the molecule is C=CCNC(=S)N1CCc2cc(OC)c(OC)cc2C1CNC(=S)NCC. The number of nitrogens with one attached hydrogen (secondary N) is 3. The Morgan fingerprint density at radius 2 is 1.93 bits per heavy atom. The summed E-state index contributed by atoms with van der Waals surface area (Å²) in [5, 5.41) is 11.0. The van der Waals surface area contributed by atoms with E-state index in [0.29, 0.717) is 29.1 Å². The molecule has 1 heterocycles. The first-order chi connectivity index (χ1) is 13.0. The number of thiocarbonyl (C=S) groups is 2. The van der Waals surface area contributed by atoms with Gasteiger partial charge in [0.15, 0.2) is 21.7 Å². The molecule has 0 aliphatic carbocycles. The summed E-state index contributed by atoms with van der Waals surface area (Å²) < 4.78 is 11.0. The third-order valence-corrected chi connectivity index (χ3v) is 5.12. The van der Waals surface area contributed by atoms with Gasteiger partial charge in [-0.1, -0.05) is 6.08 Å². The number of hydrogen-bond donors (Lipinski definition) is 3. The molecule has 1 aliphatic heterocycles. The second kappa shape index (κ2) is 10.3. The predicted octanol–water partition coefficient (Wildman–Crippen LogP) is 2.15. The first-order valence-corrected chi connectivity index (χ1v) is 9.79. The van der Waals surface area contributed by atoms with Gasteiger partial charge in [-0.25, -0.2) is 0 Å². The van der Waals surface area contributed by atoms with Gasteiger partial charge in [0.05, 0.1) is 20.3 Å². The van der Waals surface area contributed by atoms with Crippen LogP contribution in [0.3, 0.4) is 0 Å². The third kappa shape index (κ3) is 5.23. The minimum absolute atomic E-state index is 0.0231. The molecule has 0 saturated carbocycles. The molecule has 6 nitrogen and oxygen atoms in total. The largest absolute Gasteiger partial charge is 0.493 e. The zero-order valence-electron chi connectivity index (χ0n) is 16.1. The fourth-order valence-corrected chi connectivity index (χ4v) is 3.69. The zero-order chi connectivity index (χ0) is 19.8. The van der Waals surface area contributed by atoms with E-state index in [1.54, 1.807) is 20.3 Å². The van der Waals surface area contributed by atoms with Crippen molar-refractivity contribution in [2.45, 2.75) is 19.4 Å². The summed E-state index contributed by atoms with van der Waals surface area (Å²) in [4.78, 5) is 2.19. The van der Waals surface area contributed by atoms with Crippen molar-refractivity contribution >= 4 is 34.7 Å². The molecule has 1 atom stereocenters. The average molecular weight is 409 g/mol. The van der Waals surface area contributed by atoms with E-state index < -0.39 is 0 Å². The molecular weight excluding hydrogens is 380 g/mol. The molecule has 148 valence electrons. The summed E-state index contributed by atoms with van der Waals surface area (Å²) in [6, 6.07) is 4.12. The van der Waals surface area contributed by atoms with Gasteiger partial charge in [0.25, 0.3) is 0 Å². The zero-order valence-corrected chi connectivity index (χ0v) is 17.8. The van der Waals surface area contributed by atoms with Crippen LogP contribution in [0, 0.1) is 0 Å². The lowest BCUT2D eigenvalue weighted by molar-refractivity contribution is 0.290. The van der Waals surface area contributed by atoms with Crippen LogP contribution in [0.1, 0.15) is 24.1 Å². The number of hydrogen-bond acceptors (Lipinski definition) is 4. The van der Waals surface area contributed by atoms with E-state index in [2.05, 4.69) is 33.5 Å². The van der Waals surface area contributed by atoms with E-state index >= 15 is 0 Å². The van der Waals surface area contributed by atoms with Gasteiger partial charge < -0.3 is 30.3 Å². The van der Waals surface area contributed by atoms with Crippen LogP contribution in [-0.4, -0.2) is 55.5 Å². The maximum absolute atomic E-state index is 5.62. The van der Waals surface area contributed by atoms with Crippen LogP contribution < -0.4 is 25.4 Å². The van der Waals surface area contributed by atoms with Crippen molar-refractivity contribution in [1.82, 2.24) is 20.9 Å². The second-order valence-electron chi connectivity index (χ2n) is 6.08. The van der Waals surface area contributed by atoms with Crippen molar-refractivity contribution in [3.05, 3.63) is 35.9 Å². The third-order valence-electron chi connectivity index (χ3n) is 4.45. The molecule has 1 aromatic rings. The second-order valence-corrected chi connectivity index (χ2v) is 6.88. The van der Waals surface area contributed by atoms with Crippen LogP contribution in [0.25, 0.3) is 0 Å². The maximum atomic E-state index is 5.62. The van der Waals surface area contributed by atoms with E-state index in [9.17, 15) is 0 Å². The highest BCUT2D eigenvalue weighted by Crippen LogP contribution is 2.37. The van der Waals surface area contributed by atoms with Crippen LogP contribution in [0.15, 0.2) is 24.8 Å². The molecule has 27 heavy (non-hydrogen) atoms. The quantitative estimate of drug-likeness (QED) is 0.469. The lowest BCUT2D eigenvalue weighted by Crippen LogP contribution is -2.50. The molecule has 0 spiro atoms. The molecule has 2 rings (SSSR count). The summed E-state index contributed by atoms with van der Waals surface area (Å²) in [5.41, 5.74) is 2.39. The van der Waals surface area contributed by atoms with Crippen molar-refractivity contribution in [3.8, 4) is 11.5 Å². The van der Waals surface area contributed by atoms with E-state index in [-0.39, 0.29) is 6.04 Å². The number of rotatable bonds is 7. The van der Waals surface area contributed by atoms with Gasteiger partial charge in [-0.05, 0) is 61.0 Å². The molecule has 0 bridgehead atoms. The minimum atomic E-state index is 0.0231. The molecule has 1 aromatic carbocycles. The normalized spacial score (nSPS) is 15.4. The lowest BCUT2D eigenvalue weighted by Gasteiger charge is -2.39. The van der Waals surface area contributed by atoms with Crippen molar-refractivity contribution in [1.29, 1.82) is 0 Å². The van der Waals surface area contributed by atoms with Crippen LogP contribution in [0.4, 0.5) is 0 Å². The number of fused-ring (bicyclic) bond motifs is 1. The average Bonchev–Trinajstić information content (AvgIpc) is 2.68. The van der Waals surface area contributed by atoms with Gasteiger partial charge in [0.1, 0.15) is 0 Å². The van der Waals surface area contributed by atoms with Crippen molar-refractivity contribution in [2.75, 3.05) is 40.4 Å². The molecule has 3 N–H and O–H groups in total. The number of benzene rings is 1. The van der Waals surface area contributed by atoms with Crippen LogP contribution >= 0.6 is 24.4 Å². The standard InChI is InChI=1S/C19H28N4O2S2/c1-5-8-21-19(27)23-9-7-13-10-16(24-3)17(25-4)11-14(13)15(23)12-22-18(26)20-6-2/h5,10-11,15H,1,6-9,12H2,2-4H3,(H,21,27)(H2,20,22,26). The van der Waals surface area contributed by atoms with Gasteiger partial charge in [-0.15, -0.1) is 6.58 Å². The summed E-state index contributed by atoms with van der Waals surface area (Å²) in [5.74, 6) is 1.45. The Balaban J connectivity index is 2.34. The van der Waals surface area contributed by atoms with E-state index in [1.807, 2.05) is 13.0 Å². The van der Waals surface area contributed by atoms with Gasteiger partial charge in [-0.2, -0.15) is 0 Å². The van der Waals surface area contributed by atoms with Crippen LogP contribution in [0.2, 0.25) is 0 Å². The number of ether oxygens (including phenoxy) is 2. The fraction of sp³-hybridized carbons (Fsp3) is 0.474. The van der Waals surface area contributed by atoms with E-state index in [0.717, 1.165) is 30.8 Å². The van der Waals surface area contributed by atoms with Crippen molar-refractivity contribution in [3.63, 3.8) is 0 Å². The summed E-state index contributed by atoms with van der Waals surface area (Å²) >= 11 is 11.0.